The molecular formula is C51H62N12O11. The predicted octanol–water partition coefficient (Wildman–Crippen LogP) is 2.31. The summed E-state index contributed by atoms with van der Waals surface area (Å²) in [5.41, 5.74) is 4.61. The number of benzene rings is 3. The fourth-order valence-electron chi connectivity index (χ4n) is 8.04. The molecule has 1 amide bonds. The third-order valence-electron chi connectivity index (χ3n) is 12.0. The topological polar surface area (TPSA) is 268 Å². The van der Waals surface area contributed by atoms with Gasteiger partial charge in [0.05, 0.1) is 25.3 Å². The maximum Gasteiger partial charge on any atom is 0.407 e. The van der Waals surface area contributed by atoms with E-state index in [0.29, 0.717) is 6.61 Å². The van der Waals surface area contributed by atoms with Crippen LogP contribution in [-0.4, -0.2) is 141 Å². The first-order chi connectivity index (χ1) is 35.2. The van der Waals surface area contributed by atoms with Crippen molar-refractivity contribution in [2.24, 2.45) is 28.2 Å². The maximum absolute atomic E-state index is 11.9. The number of carbonyl (C=O) groups excluding carboxylic acids is 1. The molecule has 6 heterocycles. The average Bonchev–Trinajstić information content (AvgIpc) is 4.19. The molecule has 4 N–H and O–H groups in total. The number of aromatic nitrogens is 9. The van der Waals surface area contributed by atoms with E-state index in [4.69, 9.17) is 19.7 Å². The molecule has 1 aliphatic heterocycles. The Hall–Kier alpha value is -8.41. The highest BCUT2D eigenvalue weighted by atomic mass is 16.6. The number of carboxylic acids is 2. The number of nitrogens with one attached hydrogen (secondary N) is 2. The number of imidazole rings is 2. The number of likely N-dealkylation sites (N-methyl/N-ethyl adjacent to an activating group) is 2. The maximum atomic E-state index is 11.9. The molecular weight excluding hydrogens is 957 g/mol. The largest absolute Gasteiger partial charge is 0.480 e. The summed E-state index contributed by atoms with van der Waals surface area (Å²) in [5.74, 6) is -2.17. The molecule has 0 spiro atoms. The molecule has 1 fully saturated rings. The first-order valence-electron chi connectivity index (χ1n) is 23.4. The molecule has 23 heteroatoms. The lowest BCUT2D eigenvalue weighted by atomic mass is 10.0. The molecule has 3 aromatic carbocycles. The highest BCUT2D eigenvalue weighted by molar-refractivity contribution is 5.84. The predicted molar refractivity (Wildman–Crippen MR) is 277 cm³/mol. The first kappa shape index (κ1) is 54.9. The lowest BCUT2D eigenvalue weighted by Gasteiger charge is -2.20. The minimum Gasteiger partial charge on any atom is -0.480 e. The van der Waals surface area contributed by atoms with Crippen molar-refractivity contribution in [1.82, 2.24) is 57.5 Å². The minimum atomic E-state index is -1.08. The van der Waals surface area contributed by atoms with Crippen LogP contribution in [0.15, 0.2) is 117 Å². The smallest absolute Gasteiger partial charge is 0.407 e. The number of amides is 1. The summed E-state index contributed by atoms with van der Waals surface area (Å²) in [6, 6.07) is 27.3. The van der Waals surface area contributed by atoms with Crippen LogP contribution in [0.5, 0.6) is 0 Å². The van der Waals surface area contributed by atoms with Gasteiger partial charge in [-0.05, 0) is 75.4 Å². The van der Waals surface area contributed by atoms with E-state index in [0.717, 1.165) is 41.7 Å². The SMILES string of the molecule is CN(C)CCOC(c1ccccc1)c1ccccc1.CN(C)CCc1c[nH]c2ccc(C[C@H]3COC(=O)N3)cc12.Cn1c(=O)c2c(ncn2CC(=O)O)n(C)c1=O.Cn1c(=O)c2c(ncn2CC(=O)O)n(C)c1=O. The molecule has 0 aliphatic carbocycles. The van der Waals surface area contributed by atoms with Gasteiger partial charge in [-0.1, -0.05) is 66.7 Å². The number of nitrogens with zero attached hydrogens (tertiary/aromatic N) is 10. The Labute approximate surface area is 424 Å². The van der Waals surface area contributed by atoms with Crippen molar-refractivity contribution in [3.63, 3.8) is 0 Å². The Morgan fingerprint density at radius 3 is 1.66 bits per heavy atom. The number of alkyl carbamates (subject to hydrolysis) is 1. The Morgan fingerprint density at radius 2 is 1.22 bits per heavy atom. The lowest BCUT2D eigenvalue weighted by Crippen LogP contribution is -2.37. The van der Waals surface area contributed by atoms with Crippen LogP contribution in [0.4, 0.5) is 4.79 Å². The minimum absolute atomic E-state index is 0.0161. The molecule has 0 bridgehead atoms. The number of carbonyl (C=O) groups is 3. The normalized spacial score (nSPS) is 13.1. The van der Waals surface area contributed by atoms with E-state index in [-0.39, 0.29) is 53.7 Å². The van der Waals surface area contributed by atoms with Crippen molar-refractivity contribution < 1.29 is 34.1 Å². The number of carboxylic acid groups (broad SMARTS) is 2. The second-order valence-corrected chi connectivity index (χ2v) is 18.1. The molecule has 9 rings (SSSR count). The van der Waals surface area contributed by atoms with Gasteiger partial charge >= 0.3 is 29.4 Å². The molecule has 23 nitrogen and oxygen atoms in total. The number of aryl methyl sites for hydroxylation is 2. The van der Waals surface area contributed by atoms with Gasteiger partial charge in [-0.2, -0.15) is 0 Å². The summed E-state index contributed by atoms with van der Waals surface area (Å²) >= 11 is 0. The molecule has 1 atom stereocenters. The second-order valence-electron chi connectivity index (χ2n) is 18.1. The summed E-state index contributed by atoms with van der Waals surface area (Å²) in [6.07, 6.45) is 6.11. The first-order valence-corrected chi connectivity index (χ1v) is 23.4. The number of ether oxygens (including phenoxy) is 2. The Morgan fingerprint density at radius 1 is 0.716 bits per heavy atom. The van der Waals surface area contributed by atoms with E-state index in [1.54, 1.807) is 0 Å². The van der Waals surface area contributed by atoms with Crippen molar-refractivity contribution >= 4 is 51.3 Å². The van der Waals surface area contributed by atoms with Gasteiger partial charge in [0.2, 0.25) is 0 Å². The number of aromatic amines is 1. The third kappa shape index (κ3) is 13.6. The number of aliphatic carboxylic acids is 2. The van der Waals surface area contributed by atoms with Crippen molar-refractivity contribution in [2.45, 2.75) is 38.1 Å². The van der Waals surface area contributed by atoms with E-state index in [2.05, 4.69) is 131 Å². The second kappa shape index (κ2) is 24.8. The van der Waals surface area contributed by atoms with Crippen LogP contribution in [0, 0.1) is 0 Å². The van der Waals surface area contributed by atoms with Gasteiger partial charge in [-0.25, -0.2) is 24.4 Å². The fraction of sp³-hybridized carbons (Fsp3) is 0.353. The summed E-state index contributed by atoms with van der Waals surface area (Å²) < 4.78 is 17.7. The Bertz CT molecular complexity index is 3310. The molecule has 392 valence electrons. The van der Waals surface area contributed by atoms with E-state index < -0.39 is 34.4 Å². The van der Waals surface area contributed by atoms with E-state index in [1.165, 1.54) is 92.3 Å². The summed E-state index contributed by atoms with van der Waals surface area (Å²) in [4.78, 5) is 94.7. The van der Waals surface area contributed by atoms with Crippen molar-refractivity contribution in [1.29, 1.82) is 0 Å². The van der Waals surface area contributed by atoms with Gasteiger partial charge in [0.15, 0.2) is 22.3 Å². The van der Waals surface area contributed by atoms with Crippen molar-refractivity contribution in [2.75, 3.05) is 54.5 Å². The van der Waals surface area contributed by atoms with Crippen LogP contribution in [0.1, 0.15) is 28.4 Å². The molecule has 1 aliphatic rings. The number of rotatable bonds is 15. The van der Waals surface area contributed by atoms with E-state index >= 15 is 0 Å². The quantitative estimate of drug-likeness (QED) is 0.115. The van der Waals surface area contributed by atoms with Crippen molar-refractivity contribution in [3.05, 3.63) is 162 Å². The van der Waals surface area contributed by atoms with Gasteiger partial charge in [-0.15, -0.1) is 0 Å². The molecule has 1 saturated heterocycles. The number of cyclic esters (lactones) is 1. The zero-order valence-electron chi connectivity index (χ0n) is 42.6. The summed E-state index contributed by atoms with van der Waals surface area (Å²) in [7, 11) is 13.9. The van der Waals surface area contributed by atoms with E-state index in [1.807, 2.05) is 12.1 Å². The zero-order chi connectivity index (χ0) is 53.8. The van der Waals surface area contributed by atoms with Crippen LogP contribution in [0.25, 0.3) is 33.2 Å². The van der Waals surface area contributed by atoms with Crippen LogP contribution in [0.3, 0.4) is 0 Å². The standard InChI is InChI=1S/C17H21NO.C16H21N3O2.2C9H10N4O4/c1-18(2)13-14-19-17(15-9-5-3-6-10-15)16-11-7-4-8-12-16;1-19(2)6-5-12-9-17-15-4-3-11(8-14(12)15)7-13-10-21-16(20)18-13;2*1-11-7-6(8(16)12(2)9(11)17)13(4-10-7)3-5(14)15/h3-12,17H,13-14H2,1-2H3;3-4,8-9,13,17H,5-7,10H2,1-2H3,(H,18,20);2*4H,3H2,1-2H3,(H,14,15)/t;13-;;/m.0../s1. The van der Waals surface area contributed by atoms with Crippen LogP contribution >= 0.6 is 0 Å². The Balaban J connectivity index is 0.000000161. The van der Waals surface area contributed by atoms with Crippen LogP contribution in [-0.2, 0) is 73.2 Å². The van der Waals surface area contributed by atoms with Crippen molar-refractivity contribution in [3.8, 4) is 0 Å². The molecule has 0 saturated carbocycles. The molecule has 0 radical (unpaired) electrons. The number of fused-ring (bicyclic) bond motifs is 3. The van der Waals surface area contributed by atoms with Crippen LogP contribution < -0.4 is 27.8 Å². The monoisotopic (exact) mass is 1020 g/mol. The highest BCUT2D eigenvalue weighted by Gasteiger charge is 2.23. The van der Waals surface area contributed by atoms with Gasteiger partial charge in [0.1, 0.15) is 25.8 Å². The highest BCUT2D eigenvalue weighted by Crippen LogP contribution is 2.26. The molecule has 74 heavy (non-hydrogen) atoms. The molecule has 0 unspecified atom stereocenters. The van der Waals surface area contributed by atoms with Gasteiger partial charge in [-0.3, -0.25) is 37.4 Å². The number of hydrogen-bond acceptors (Lipinski definition) is 13. The Kier molecular flexibility index (Phi) is 18.4. The average molecular weight is 1020 g/mol. The molecule has 5 aromatic heterocycles. The number of hydrogen-bond donors (Lipinski definition) is 4. The van der Waals surface area contributed by atoms with Crippen LogP contribution in [0.2, 0.25) is 0 Å². The van der Waals surface area contributed by atoms with Gasteiger partial charge < -0.3 is 48.9 Å². The third-order valence-corrected chi connectivity index (χ3v) is 12.0. The van der Waals surface area contributed by atoms with Gasteiger partial charge in [0.25, 0.3) is 11.1 Å². The fourth-order valence-corrected chi connectivity index (χ4v) is 8.04. The number of H-pyrrole nitrogens is 1. The zero-order valence-corrected chi connectivity index (χ0v) is 42.6. The molecule has 8 aromatic rings. The van der Waals surface area contributed by atoms with E-state index in [9.17, 15) is 33.6 Å². The summed E-state index contributed by atoms with van der Waals surface area (Å²) in [5, 5.41) is 21.5. The summed E-state index contributed by atoms with van der Waals surface area (Å²) in [6.45, 7) is 2.40. The lowest BCUT2D eigenvalue weighted by molar-refractivity contribution is -0.138. The van der Waals surface area contributed by atoms with Gasteiger partial charge in [0, 0.05) is 58.4 Å².